The molecule has 0 aromatic heterocycles. The SMILES string of the molecule is CN(C)CC1=Cc2c(N)cccc2S1(=O)=O. The second-order valence-corrected chi connectivity index (χ2v) is 6.08. The van der Waals surface area contributed by atoms with Crippen LogP contribution in [0.5, 0.6) is 0 Å². The van der Waals surface area contributed by atoms with Crippen molar-refractivity contribution >= 4 is 21.6 Å². The summed E-state index contributed by atoms with van der Waals surface area (Å²) in [7, 11) is 0.348. The van der Waals surface area contributed by atoms with Gasteiger partial charge in [0.15, 0.2) is 0 Å². The summed E-state index contributed by atoms with van der Waals surface area (Å²) in [6.45, 7) is 0.399. The van der Waals surface area contributed by atoms with Gasteiger partial charge in [-0.15, -0.1) is 0 Å². The molecule has 2 N–H and O–H groups in total. The lowest BCUT2D eigenvalue weighted by Gasteiger charge is -2.10. The van der Waals surface area contributed by atoms with Gasteiger partial charge in [-0.2, -0.15) is 0 Å². The fourth-order valence-electron chi connectivity index (χ4n) is 1.77. The van der Waals surface area contributed by atoms with E-state index in [9.17, 15) is 8.42 Å². The maximum Gasteiger partial charge on any atom is 0.204 e. The van der Waals surface area contributed by atoms with E-state index in [1.165, 1.54) is 0 Å². The van der Waals surface area contributed by atoms with Crippen molar-refractivity contribution in [1.82, 2.24) is 4.90 Å². The highest BCUT2D eigenvalue weighted by atomic mass is 32.2. The zero-order valence-corrected chi connectivity index (χ0v) is 10.1. The van der Waals surface area contributed by atoms with Crippen LogP contribution in [0.3, 0.4) is 0 Å². The lowest BCUT2D eigenvalue weighted by atomic mass is 10.1. The highest BCUT2D eigenvalue weighted by Crippen LogP contribution is 2.35. The minimum Gasteiger partial charge on any atom is -0.398 e. The molecule has 86 valence electrons. The topological polar surface area (TPSA) is 63.4 Å². The van der Waals surface area contributed by atoms with Crippen LogP contribution in [0.25, 0.3) is 6.08 Å². The third kappa shape index (κ3) is 1.62. The van der Waals surface area contributed by atoms with E-state index in [0.717, 1.165) is 0 Å². The van der Waals surface area contributed by atoms with Crippen molar-refractivity contribution in [3.05, 3.63) is 28.7 Å². The van der Waals surface area contributed by atoms with Crippen LogP contribution < -0.4 is 5.73 Å². The Hall–Kier alpha value is -1.33. The summed E-state index contributed by atoms with van der Waals surface area (Å²) in [6, 6.07) is 4.97. The predicted octanol–water partition coefficient (Wildman–Crippen LogP) is 0.959. The molecule has 1 aromatic carbocycles. The molecule has 1 aromatic rings. The van der Waals surface area contributed by atoms with Gasteiger partial charge in [-0.05, 0) is 32.3 Å². The van der Waals surface area contributed by atoms with E-state index in [4.69, 9.17) is 5.73 Å². The molecule has 1 aliphatic rings. The highest BCUT2D eigenvalue weighted by molar-refractivity contribution is 7.95. The molecule has 0 aliphatic carbocycles. The summed E-state index contributed by atoms with van der Waals surface area (Å²) in [5.41, 5.74) is 6.90. The van der Waals surface area contributed by atoms with Crippen molar-refractivity contribution in [2.45, 2.75) is 4.90 Å². The number of anilines is 1. The summed E-state index contributed by atoms with van der Waals surface area (Å²) in [6.07, 6.45) is 1.67. The van der Waals surface area contributed by atoms with Gasteiger partial charge < -0.3 is 10.6 Å². The molecule has 5 heteroatoms. The number of hydrogen-bond donors (Lipinski definition) is 1. The summed E-state index contributed by atoms with van der Waals surface area (Å²) < 4.78 is 24.2. The van der Waals surface area contributed by atoms with Crippen molar-refractivity contribution in [3.63, 3.8) is 0 Å². The van der Waals surface area contributed by atoms with Gasteiger partial charge in [0.25, 0.3) is 0 Å². The molecule has 0 spiro atoms. The van der Waals surface area contributed by atoms with Crippen LogP contribution in [0.4, 0.5) is 5.69 Å². The Labute approximate surface area is 95.3 Å². The minimum absolute atomic E-state index is 0.323. The van der Waals surface area contributed by atoms with Crippen LogP contribution in [-0.4, -0.2) is 34.0 Å². The molecule has 0 saturated carbocycles. The first-order chi connectivity index (χ1) is 7.43. The Balaban J connectivity index is 2.57. The quantitative estimate of drug-likeness (QED) is 0.779. The van der Waals surface area contributed by atoms with Gasteiger partial charge in [-0.1, -0.05) is 6.07 Å². The number of benzene rings is 1. The van der Waals surface area contributed by atoms with Gasteiger partial charge in [0.05, 0.1) is 9.80 Å². The van der Waals surface area contributed by atoms with Crippen LogP contribution in [0.1, 0.15) is 5.56 Å². The molecule has 0 bridgehead atoms. The molecule has 0 fully saturated rings. The lowest BCUT2D eigenvalue weighted by molar-refractivity contribution is 0.451. The molecule has 0 radical (unpaired) electrons. The molecule has 16 heavy (non-hydrogen) atoms. The third-order valence-electron chi connectivity index (χ3n) is 2.51. The Morgan fingerprint density at radius 1 is 1.31 bits per heavy atom. The van der Waals surface area contributed by atoms with Crippen molar-refractivity contribution < 1.29 is 8.42 Å². The van der Waals surface area contributed by atoms with Crippen LogP contribution in [0.15, 0.2) is 28.0 Å². The molecule has 2 rings (SSSR count). The predicted molar refractivity (Wildman–Crippen MR) is 64.6 cm³/mol. The maximum atomic E-state index is 12.1. The first-order valence-corrected chi connectivity index (χ1v) is 6.40. The Kier molecular flexibility index (Phi) is 2.52. The lowest BCUT2D eigenvalue weighted by Crippen LogP contribution is -2.18. The molecule has 0 unspecified atom stereocenters. The van der Waals surface area contributed by atoms with Crippen LogP contribution in [0.2, 0.25) is 0 Å². The molecular formula is C11H14N2O2S. The molecule has 0 atom stereocenters. The van der Waals surface area contributed by atoms with Crippen molar-refractivity contribution in [1.29, 1.82) is 0 Å². The highest BCUT2D eigenvalue weighted by Gasteiger charge is 2.30. The number of nitrogens with zero attached hydrogens (tertiary/aromatic N) is 1. The van der Waals surface area contributed by atoms with E-state index in [-0.39, 0.29) is 0 Å². The Morgan fingerprint density at radius 3 is 2.56 bits per heavy atom. The minimum atomic E-state index is -3.32. The van der Waals surface area contributed by atoms with E-state index < -0.39 is 9.84 Å². The average molecular weight is 238 g/mol. The number of sulfone groups is 1. The number of rotatable bonds is 2. The van der Waals surface area contributed by atoms with Gasteiger partial charge in [0, 0.05) is 17.8 Å². The number of hydrogen-bond acceptors (Lipinski definition) is 4. The summed E-state index contributed by atoms with van der Waals surface area (Å²) in [5, 5.41) is 0. The number of fused-ring (bicyclic) bond motifs is 1. The number of likely N-dealkylation sites (N-methyl/N-ethyl adjacent to an activating group) is 1. The largest absolute Gasteiger partial charge is 0.398 e. The third-order valence-corrected chi connectivity index (χ3v) is 4.38. The molecular weight excluding hydrogens is 224 g/mol. The fourth-order valence-corrected chi connectivity index (χ4v) is 3.48. The van der Waals surface area contributed by atoms with Gasteiger partial charge in [-0.25, -0.2) is 8.42 Å². The molecule has 0 saturated heterocycles. The van der Waals surface area contributed by atoms with Crippen LogP contribution in [0, 0.1) is 0 Å². The zero-order chi connectivity index (χ0) is 11.9. The molecule has 1 aliphatic heterocycles. The van der Waals surface area contributed by atoms with E-state index in [2.05, 4.69) is 0 Å². The Bertz CT molecular complexity index is 559. The maximum absolute atomic E-state index is 12.1. The molecule has 1 heterocycles. The van der Waals surface area contributed by atoms with Crippen LogP contribution >= 0.6 is 0 Å². The molecule has 4 nitrogen and oxygen atoms in total. The van der Waals surface area contributed by atoms with E-state index in [1.54, 1.807) is 24.3 Å². The summed E-state index contributed by atoms with van der Waals surface area (Å²) >= 11 is 0. The summed E-state index contributed by atoms with van der Waals surface area (Å²) in [5.74, 6) is 0. The van der Waals surface area contributed by atoms with Gasteiger partial charge in [-0.3, -0.25) is 0 Å². The first-order valence-electron chi connectivity index (χ1n) is 4.92. The first kappa shape index (κ1) is 11.2. The number of nitrogen functional groups attached to an aromatic ring is 1. The number of nitrogens with two attached hydrogens (primary N) is 1. The second-order valence-electron chi connectivity index (χ2n) is 4.11. The van der Waals surface area contributed by atoms with Crippen molar-refractivity contribution in [2.24, 2.45) is 0 Å². The van der Waals surface area contributed by atoms with Crippen LogP contribution in [-0.2, 0) is 9.84 Å². The summed E-state index contributed by atoms with van der Waals surface area (Å²) in [4.78, 5) is 2.56. The normalized spacial score (nSPS) is 17.3. The van der Waals surface area contributed by atoms with Crippen molar-refractivity contribution in [3.8, 4) is 0 Å². The van der Waals surface area contributed by atoms with Crippen molar-refractivity contribution in [2.75, 3.05) is 26.4 Å². The monoisotopic (exact) mass is 238 g/mol. The molecule has 0 amide bonds. The van der Waals surface area contributed by atoms with E-state index in [1.807, 2.05) is 19.0 Å². The van der Waals surface area contributed by atoms with Gasteiger partial charge >= 0.3 is 0 Å². The van der Waals surface area contributed by atoms with Gasteiger partial charge in [0.1, 0.15) is 0 Å². The average Bonchev–Trinajstić information content (AvgIpc) is 2.41. The smallest absolute Gasteiger partial charge is 0.204 e. The Morgan fingerprint density at radius 2 is 2.00 bits per heavy atom. The van der Waals surface area contributed by atoms with Gasteiger partial charge in [0.2, 0.25) is 9.84 Å². The van der Waals surface area contributed by atoms with E-state index in [0.29, 0.717) is 27.6 Å². The zero-order valence-electron chi connectivity index (χ0n) is 9.27. The van der Waals surface area contributed by atoms with E-state index >= 15 is 0 Å². The second kappa shape index (κ2) is 3.61. The fraction of sp³-hybridized carbons (Fsp3) is 0.273. The standard InChI is InChI=1S/C11H14N2O2S/c1-13(2)7-8-6-9-10(12)4-3-5-11(9)16(8,14)15/h3-6H,7,12H2,1-2H3.